The summed E-state index contributed by atoms with van der Waals surface area (Å²) in [5.74, 6) is -0.140. The first-order valence-corrected chi connectivity index (χ1v) is 11.8. The number of para-hydroxylation sites is 1. The Morgan fingerprint density at radius 3 is 2.22 bits per heavy atom. The molecular weight excluding hydrogens is 493 g/mol. The molecule has 2 heterocycles. The minimum absolute atomic E-state index is 0.0230. The van der Waals surface area contributed by atoms with Crippen LogP contribution in [-0.2, 0) is 11.8 Å². The number of anilines is 3. The summed E-state index contributed by atoms with van der Waals surface area (Å²) in [6.07, 6.45) is -1.93. The minimum Gasteiger partial charge on any atom is -0.396 e. The topological polar surface area (TPSA) is 103 Å². The summed E-state index contributed by atoms with van der Waals surface area (Å²) in [6.45, 7) is -0.548. The summed E-state index contributed by atoms with van der Waals surface area (Å²) in [7, 11) is 0. The van der Waals surface area contributed by atoms with Crippen molar-refractivity contribution in [2.75, 3.05) is 18.1 Å². The van der Waals surface area contributed by atoms with Crippen molar-refractivity contribution in [3.05, 3.63) is 83.8 Å². The molecule has 0 saturated carbocycles. The number of alkyl halides is 3. The van der Waals surface area contributed by atoms with Gasteiger partial charge in [-0.3, -0.25) is 4.90 Å². The zero-order valence-electron chi connectivity index (χ0n) is 18.9. The predicted molar refractivity (Wildman–Crippen MR) is 130 cm³/mol. The predicted octanol–water partition coefficient (Wildman–Crippen LogP) is 5.04. The van der Waals surface area contributed by atoms with E-state index in [1.165, 1.54) is 16.2 Å². The fourth-order valence-corrected chi connectivity index (χ4v) is 4.76. The molecule has 0 amide bonds. The number of halogens is 3. The van der Waals surface area contributed by atoms with E-state index in [0.717, 1.165) is 12.3 Å². The van der Waals surface area contributed by atoms with Gasteiger partial charge in [0, 0.05) is 49.8 Å². The van der Waals surface area contributed by atoms with E-state index in [4.69, 9.17) is 0 Å². The number of rotatable bonds is 9. The van der Waals surface area contributed by atoms with Gasteiger partial charge in [-0.05, 0) is 35.9 Å². The van der Waals surface area contributed by atoms with E-state index in [0.29, 0.717) is 26.8 Å². The molecule has 0 aliphatic heterocycles. The Bertz CT molecular complexity index is 1290. The van der Waals surface area contributed by atoms with Gasteiger partial charge in [0.25, 0.3) is 0 Å². The van der Waals surface area contributed by atoms with Crippen molar-refractivity contribution in [3.8, 4) is 10.4 Å². The molecular formula is C25H23F3N4O3S. The van der Waals surface area contributed by atoms with Crippen molar-refractivity contribution >= 4 is 28.7 Å². The van der Waals surface area contributed by atoms with Gasteiger partial charge in [0.1, 0.15) is 16.3 Å². The summed E-state index contributed by atoms with van der Waals surface area (Å²) >= 11 is 1.21. The van der Waals surface area contributed by atoms with Gasteiger partial charge < -0.3 is 15.3 Å². The van der Waals surface area contributed by atoms with Crippen LogP contribution in [0.2, 0.25) is 0 Å². The van der Waals surface area contributed by atoms with Crippen LogP contribution in [0.1, 0.15) is 23.5 Å². The van der Waals surface area contributed by atoms with Crippen LogP contribution in [0.5, 0.6) is 0 Å². The molecule has 36 heavy (non-hydrogen) atoms. The highest BCUT2D eigenvalue weighted by atomic mass is 32.1. The molecule has 2 aromatic heterocycles. The van der Waals surface area contributed by atoms with Gasteiger partial charge in [-0.1, -0.05) is 30.3 Å². The molecule has 7 nitrogen and oxygen atoms in total. The molecule has 0 bridgehead atoms. The van der Waals surface area contributed by atoms with Gasteiger partial charge in [0.05, 0.1) is 4.88 Å². The van der Waals surface area contributed by atoms with Crippen LogP contribution in [0.4, 0.5) is 30.5 Å². The Morgan fingerprint density at radius 1 is 0.861 bits per heavy atom. The largest absolute Gasteiger partial charge is 0.433 e. The van der Waals surface area contributed by atoms with Crippen LogP contribution in [0, 0.1) is 0 Å². The monoisotopic (exact) mass is 516 g/mol. The van der Waals surface area contributed by atoms with Crippen LogP contribution in [0.15, 0.2) is 73.1 Å². The standard InChI is InChI=1S/C25H23F3N4O3S/c26-25(27,28)21-9-12-29-23(31-21)32(18-6-2-1-3-7-18)19-8-4-5-17(15-19)20-16-30-22(36-20)24(35,10-13-33)11-14-34/h1-9,12,15-16,33-35H,10-11,13-14H2. The van der Waals surface area contributed by atoms with Crippen LogP contribution in [0.25, 0.3) is 10.4 Å². The molecule has 11 heteroatoms. The number of benzene rings is 2. The molecule has 0 spiro atoms. The number of aliphatic hydroxyl groups excluding tert-OH is 2. The molecule has 0 radical (unpaired) electrons. The molecule has 4 aromatic rings. The number of aromatic nitrogens is 3. The average molecular weight is 517 g/mol. The van der Waals surface area contributed by atoms with Gasteiger partial charge in [-0.2, -0.15) is 13.2 Å². The van der Waals surface area contributed by atoms with Crippen LogP contribution < -0.4 is 4.90 Å². The molecule has 0 atom stereocenters. The third-order valence-corrected chi connectivity index (χ3v) is 6.73. The lowest BCUT2D eigenvalue weighted by molar-refractivity contribution is -0.141. The molecule has 4 rings (SSSR count). The maximum atomic E-state index is 13.4. The van der Waals surface area contributed by atoms with Crippen molar-refractivity contribution in [3.63, 3.8) is 0 Å². The molecule has 0 fully saturated rings. The fraction of sp³-hybridized carbons (Fsp3) is 0.240. The van der Waals surface area contributed by atoms with Crippen molar-refractivity contribution in [2.45, 2.75) is 24.6 Å². The first-order valence-electron chi connectivity index (χ1n) is 11.0. The van der Waals surface area contributed by atoms with E-state index in [9.17, 15) is 28.5 Å². The Kier molecular flexibility index (Phi) is 7.65. The third kappa shape index (κ3) is 5.54. The lowest BCUT2D eigenvalue weighted by atomic mass is 9.97. The third-order valence-electron chi connectivity index (χ3n) is 5.49. The zero-order valence-corrected chi connectivity index (χ0v) is 19.7. The van der Waals surface area contributed by atoms with E-state index < -0.39 is 17.5 Å². The van der Waals surface area contributed by atoms with Gasteiger partial charge in [-0.15, -0.1) is 11.3 Å². The lowest BCUT2D eigenvalue weighted by Crippen LogP contribution is -2.28. The zero-order chi connectivity index (χ0) is 25.8. The Labute approximate surface area is 209 Å². The van der Waals surface area contributed by atoms with Crippen molar-refractivity contribution in [1.29, 1.82) is 0 Å². The number of nitrogens with zero attached hydrogens (tertiary/aromatic N) is 4. The quantitative estimate of drug-likeness (QED) is 0.286. The van der Waals surface area contributed by atoms with Gasteiger partial charge >= 0.3 is 6.18 Å². The summed E-state index contributed by atoms with van der Waals surface area (Å²) in [4.78, 5) is 14.4. The summed E-state index contributed by atoms with van der Waals surface area (Å²) < 4.78 is 40.1. The first kappa shape index (κ1) is 25.7. The van der Waals surface area contributed by atoms with Crippen LogP contribution >= 0.6 is 11.3 Å². The smallest absolute Gasteiger partial charge is 0.396 e. The second kappa shape index (κ2) is 10.7. The number of thiazole rings is 1. The van der Waals surface area contributed by atoms with Crippen LogP contribution in [0.3, 0.4) is 0 Å². The normalized spacial score (nSPS) is 12.1. The van der Waals surface area contributed by atoms with Gasteiger partial charge in [-0.25, -0.2) is 15.0 Å². The highest BCUT2D eigenvalue weighted by Crippen LogP contribution is 2.39. The van der Waals surface area contributed by atoms with Crippen molar-refractivity contribution in [1.82, 2.24) is 15.0 Å². The fourth-order valence-electron chi connectivity index (χ4n) is 3.70. The number of hydrogen-bond donors (Lipinski definition) is 3. The molecule has 0 unspecified atom stereocenters. The molecule has 0 saturated heterocycles. The number of hydrogen-bond acceptors (Lipinski definition) is 8. The SMILES string of the molecule is OCCC(O)(CCO)c1ncc(-c2cccc(N(c3ccccc3)c3nccc(C(F)(F)F)n3)c2)s1. The maximum Gasteiger partial charge on any atom is 0.433 e. The molecule has 0 aliphatic rings. The van der Waals surface area contributed by atoms with E-state index in [2.05, 4.69) is 15.0 Å². The summed E-state index contributed by atoms with van der Waals surface area (Å²) in [6, 6.07) is 16.7. The molecule has 2 aromatic carbocycles. The second-order valence-corrected chi connectivity index (χ2v) is 9.00. The Balaban J connectivity index is 1.77. The Hall–Kier alpha value is -3.38. The second-order valence-electron chi connectivity index (χ2n) is 7.97. The van der Waals surface area contributed by atoms with E-state index in [-0.39, 0.29) is 32.0 Å². The minimum atomic E-state index is -4.62. The Morgan fingerprint density at radius 2 is 1.56 bits per heavy atom. The van der Waals surface area contributed by atoms with Crippen molar-refractivity contribution in [2.24, 2.45) is 0 Å². The highest BCUT2D eigenvalue weighted by molar-refractivity contribution is 7.15. The highest BCUT2D eigenvalue weighted by Gasteiger charge is 2.34. The van der Waals surface area contributed by atoms with Gasteiger partial charge in [0.15, 0.2) is 0 Å². The number of aliphatic hydroxyl groups is 3. The maximum absolute atomic E-state index is 13.4. The van der Waals surface area contributed by atoms with Crippen molar-refractivity contribution < 1.29 is 28.5 Å². The summed E-state index contributed by atoms with van der Waals surface area (Å²) in [5, 5.41) is 29.9. The molecule has 3 N–H and O–H groups in total. The summed E-state index contributed by atoms with van der Waals surface area (Å²) in [5.41, 5.74) is -0.720. The van der Waals surface area contributed by atoms with Gasteiger partial charge in [0.2, 0.25) is 5.95 Å². The van der Waals surface area contributed by atoms with E-state index >= 15 is 0 Å². The lowest BCUT2D eigenvalue weighted by Gasteiger charge is -2.24. The molecule has 0 aliphatic carbocycles. The van der Waals surface area contributed by atoms with Crippen LogP contribution in [-0.4, -0.2) is 43.5 Å². The van der Waals surface area contributed by atoms with E-state index in [1.807, 2.05) is 6.07 Å². The first-order chi connectivity index (χ1) is 17.2. The average Bonchev–Trinajstić information content (AvgIpc) is 3.37. The van der Waals surface area contributed by atoms with E-state index in [1.54, 1.807) is 54.7 Å². The molecule has 188 valence electrons.